The van der Waals surface area contributed by atoms with Gasteiger partial charge in [-0.15, -0.1) is 0 Å². The molecule has 0 aromatic rings. The lowest BCUT2D eigenvalue weighted by Gasteiger charge is -2.11. The summed E-state index contributed by atoms with van der Waals surface area (Å²) >= 11 is 3.25. The molecule has 0 amide bonds. The number of halogens is 1. The lowest BCUT2D eigenvalue weighted by molar-refractivity contribution is 0.127. The van der Waals surface area contributed by atoms with Crippen LogP contribution in [0.4, 0.5) is 0 Å². The highest BCUT2D eigenvalue weighted by Gasteiger charge is 2.22. The van der Waals surface area contributed by atoms with Crippen LogP contribution in [0.25, 0.3) is 0 Å². The SMILES string of the molecule is O=S(=O)(CC1CCCO1)NCCCOCCBr. The van der Waals surface area contributed by atoms with E-state index >= 15 is 0 Å². The fourth-order valence-electron chi connectivity index (χ4n) is 1.64. The van der Waals surface area contributed by atoms with E-state index in [9.17, 15) is 8.42 Å². The molecule has 1 fully saturated rings. The average molecular weight is 330 g/mol. The summed E-state index contributed by atoms with van der Waals surface area (Å²) in [4.78, 5) is 0. The molecule has 5 nitrogen and oxygen atoms in total. The van der Waals surface area contributed by atoms with E-state index in [1.165, 1.54) is 0 Å². The van der Waals surface area contributed by atoms with Crippen molar-refractivity contribution in [2.45, 2.75) is 25.4 Å². The summed E-state index contributed by atoms with van der Waals surface area (Å²) in [5, 5.41) is 0.803. The zero-order valence-electron chi connectivity index (χ0n) is 9.86. The number of alkyl halides is 1. The van der Waals surface area contributed by atoms with Crippen molar-refractivity contribution in [2.24, 2.45) is 0 Å². The third kappa shape index (κ3) is 7.35. The maximum Gasteiger partial charge on any atom is 0.214 e. The van der Waals surface area contributed by atoms with Crippen molar-refractivity contribution >= 4 is 26.0 Å². The van der Waals surface area contributed by atoms with Crippen LogP contribution in [0, 0.1) is 0 Å². The molecule has 0 saturated carbocycles. The van der Waals surface area contributed by atoms with Crippen molar-refractivity contribution in [1.82, 2.24) is 4.72 Å². The first-order valence-corrected chi connectivity index (χ1v) is 8.64. The summed E-state index contributed by atoms with van der Waals surface area (Å²) < 4.78 is 36.4. The van der Waals surface area contributed by atoms with Crippen LogP contribution >= 0.6 is 15.9 Å². The minimum absolute atomic E-state index is 0.0786. The van der Waals surface area contributed by atoms with E-state index in [1.807, 2.05) is 0 Å². The fraction of sp³-hybridized carbons (Fsp3) is 1.00. The van der Waals surface area contributed by atoms with Crippen LogP contribution in [0.5, 0.6) is 0 Å². The lowest BCUT2D eigenvalue weighted by atomic mass is 10.3. The van der Waals surface area contributed by atoms with E-state index in [0.717, 1.165) is 18.2 Å². The first-order chi connectivity index (χ1) is 8.14. The second-order valence-electron chi connectivity index (χ2n) is 3.97. The summed E-state index contributed by atoms with van der Waals surface area (Å²) in [7, 11) is -3.20. The number of nitrogens with one attached hydrogen (secondary N) is 1. The van der Waals surface area contributed by atoms with E-state index < -0.39 is 10.0 Å². The molecule has 1 aliphatic heterocycles. The van der Waals surface area contributed by atoms with Gasteiger partial charge in [-0.05, 0) is 19.3 Å². The zero-order chi connectivity index (χ0) is 12.6. The summed E-state index contributed by atoms with van der Waals surface area (Å²) in [5.41, 5.74) is 0. The molecule has 0 aromatic heterocycles. The first-order valence-electron chi connectivity index (χ1n) is 5.87. The third-order valence-electron chi connectivity index (χ3n) is 2.44. The highest BCUT2D eigenvalue weighted by atomic mass is 79.9. The Morgan fingerprint density at radius 2 is 2.24 bits per heavy atom. The van der Waals surface area contributed by atoms with E-state index in [2.05, 4.69) is 20.7 Å². The van der Waals surface area contributed by atoms with E-state index in [1.54, 1.807) is 0 Å². The average Bonchev–Trinajstić information content (AvgIpc) is 2.75. The van der Waals surface area contributed by atoms with Crippen LogP contribution in [0.2, 0.25) is 0 Å². The number of rotatable bonds is 9. The Labute approximate surface area is 111 Å². The van der Waals surface area contributed by atoms with E-state index in [-0.39, 0.29) is 11.9 Å². The number of hydrogen-bond donors (Lipinski definition) is 1. The predicted octanol–water partition coefficient (Wildman–Crippen LogP) is 0.886. The quantitative estimate of drug-likeness (QED) is 0.504. The van der Waals surface area contributed by atoms with Gasteiger partial charge in [0.15, 0.2) is 0 Å². The van der Waals surface area contributed by atoms with Crippen LogP contribution in [0.15, 0.2) is 0 Å². The van der Waals surface area contributed by atoms with Crippen molar-refractivity contribution in [3.63, 3.8) is 0 Å². The summed E-state index contributed by atoms with van der Waals surface area (Å²) in [6.45, 7) is 2.34. The van der Waals surface area contributed by atoms with Gasteiger partial charge in [0.25, 0.3) is 0 Å². The molecular weight excluding hydrogens is 310 g/mol. The molecular formula is C10H20BrNO4S. The molecule has 1 atom stereocenters. The molecule has 1 N–H and O–H groups in total. The van der Waals surface area contributed by atoms with Crippen molar-refractivity contribution < 1.29 is 17.9 Å². The molecule has 1 rings (SSSR count). The third-order valence-corrected chi connectivity index (χ3v) is 4.22. The topological polar surface area (TPSA) is 64.6 Å². The van der Waals surface area contributed by atoms with Crippen LogP contribution in [0.1, 0.15) is 19.3 Å². The summed E-state index contributed by atoms with van der Waals surface area (Å²) in [6.07, 6.45) is 2.37. The zero-order valence-corrected chi connectivity index (χ0v) is 12.3. The Bertz CT molecular complexity index is 291. The molecule has 7 heteroatoms. The van der Waals surface area contributed by atoms with Crippen LogP contribution in [-0.2, 0) is 19.5 Å². The van der Waals surface area contributed by atoms with Crippen LogP contribution < -0.4 is 4.72 Å². The van der Waals surface area contributed by atoms with Gasteiger partial charge in [-0.2, -0.15) is 0 Å². The van der Waals surface area contributed by atoms with Gasteiger partial charge in [-0.1, -0.05) is 15.9 Å². The van der Waals surface area contributed by atoms with Gasteiger partial charge in [-0.3, -0.25) is 0 Å². The Balaban J connectivity index is 2.07. The molecule has 0 aromatic carbocycles. The minimum atomic E-state index is -3.20. The van der Waals surface area contributed by atoms with Crippen LogP contribution in [0.3, 0.4) is 0 Å². The van der Waals surface area contributed by atoms with E-state index in [0.29, 0.717) is 32.8 Å². The Morgan fingerprint density at radius 3 is 2.88 bits per heavy atom. The molecule has 0 spiro atoms. The molecule has 0 aliphatic carbocycles. The van der Waals surface area contributed by atoms with Gasteiger partial charge < -0.3 is 9.47 Å². The standard InChI is InChI=1S/C10H20BrNO4S/c11-4-8-15-6-2-5-12-17(13,14)9-10-3-1-7-16-10/h10,12H,1-9H2. The monoisotopic (exact) mass is 329 g/mol. The Hall–Kier alpha value is 0.310. The van der Waals surface area contributed by atoms with Gasteiger partial charge in [0, 0.05) is 25.1 Å². The number of sulfonamides is 1. The summed E-state index contributed by atoms with van der Waals surface area (Å²) in [6, 6.07) is 0. The highest BCUT2D eigenvalue weighted by molar-refractivity contribution is 9.09. The Kier molecular flexibility index (Phi) is 7.61. The fourth-order valence-corrected chi connectivity index (χ4v) is 3.19. The molecule has 17 heavy (non-hydrogen) atoms. The maximum atomic E-state index is 11.6. The van der Waals surface area contributed by atoms with Crippen molar-refractivity contribution in [3.05, 3.63) is 0 Å². The first kappa shape index (κ1) is 15.4. The predicted molar refractivity (Wildman–Crippen MR) is 70.0 cm³/mol. The van der Waals surface area contributed by atoms with Gasteiger partial charge in [-0.25, -0.2) is 13.1 Å². The van der Waals surface area contributed by atoms with E-state index in [4.69, 9.17) is 9.47 Å². The van der Waals surface area contributed by atoms with Gasteiger partial charge in [0.2, 0.25) is 10.0 Å². The summed E-state index contributed by atoms with van der Waals surface area (Å²) in [5.74, 6) is 0.0786. The maximum absolute atomic E-state index is 11.6. The molecule has 1 aliphatic rings. The number of hydrogen-bond acceptors (Lipinski definition) is 4. The van der Waals surface area contributed by atoms with Gasteiger partial charge in [0.05, 0.1) is 18.5 Å². The molecule has 102 valence electrons. The minimum Gasteiger partial charge on any atom is -0.381 e. The molecule has 1 unspecified atom stereocenters. The Morgan fingerprint density at radius 1 is 1.41 bits per heavy atom. The molecule has 0 bridgehead atoms. The van der Waals surface area contributed by atoms with Crippen molar-refractivity contribution in [3.8, 4) is 0 Å². The smallest absolute Gasteiger partial charge is 0.214 e. The van der Waals surface area contributed by atoms with Gasteiger partial charge in [0.1, 0.15) is 0 Å². The second kappa shape index (κ2) is 8.42. The molecule has 1 heterocycles. The van der Waals surface area contributed by atoms with Crippen molar-refractivity contribution in [1.29, 1.82) is 0 Å². The number of ether oxygens (including phenoxy) is 2. The van der Waals surface area contributed by atoms with Crippen LogP contribution in [-0.4, -0.2) is 52.0 Å². The van der Waals surface area contributed by atoms with Gasteiger partial charge >= 0.3 is 0 Å². The largest absolute Gasteiger partial charge is 0.381 e. The lowest BCUT2D eigenvalue weighted by Crippen LogP contribution is -2.33. The molecule has 0 radical (unpaired) electrons. The van der Waals surface area contributed by atoms with Crippen molar-refractivity contribution in [2.75, 3.05) is 37.4 Å². The second-order valence-corrected chi connectivity index (χ2v) is 6.61. The normalized spacial score (nSPS) is 20.9. The highest BCUT2D eigenvalue weighted by Crippen LogP contribution is 2.13. The molecule has 1 saturated heterocycles.